The summed E-state index contributed by atoms with van der Waals surface area (Å²) in [7, 11) is 1.84. The summed E-state index contributed by atoms with van der Waals surface area (Å²) in [5.41, 5.74) is 9.05. The number of hydrogen-bond donors (Lipinski definition) is 1. The zero-order chi connectivity index (χ0) is 24.0. The Morgan fingerprint density at radius 1 is 1.06 bits per heavy atom. The van der Waals surface area contributed by atoms with Crippen LogP contribution in [-0.2, 0) is 9.53 Å². The van der Waals surface area contributed by atoms with Crippen molar-refractivity contribution in [2.75, 3.05) is 7.11 Å². The Morgan fingerprint density at radius 3 is 2.42 bits per heavy atom. The molecule has 2 N–H and O–H groups in total. The van der Waals surface area contributed by atoms with E-state index >= 15 is 0 Å². The lowest BCUT2D eigenvalue weighted by molar-refractivity contribution is -0.196. The molecule has 0 heterocycles. The van der Waals surface area contributed by atoms with Crippen LogP contribution in [0.2, 0.25) is 0 Å². The zero-order valence-electron chi connectivity index (χ0n) is 22.0. The maximum absolute atomic E-state index is 12.6. The van der Waals surface area contributed by atoms with Gasteiger partial charge >= 0.3 is 0 Å². The van der Waals surface area contributed by atoms with Crippen molar-refractivity contribution in [3.63, 3.8) is 0 Å². The van der Waals surface area contributed by atoms with Gasteiger partial charge in [-0.2, -0.15) is 0 Å². The Balaban J connectivity index is 1.56. The van der Waals surface area contributed by atoms with E-state index in [0.29, 0.717) is 29.6 Å². The van der Waals surface area contributed by atoms with Crippen molar-refractivity contribution in [3.05, 3.63) is 24.0 Å². The number of nitrogens with two attached hydrogens (primary N) is 1. The Hall–Kier alpha value is -1.09. The highest BCUT2D eigenvalue weighted by atomic mass is 16.5. The van der Waals surface area contributed by atoms with Gasteiger partial charge in [-0.15, -0.1) is 0 Å². The number of allylic oxidation sites excluding steroid dienone is 3. The molecule has 3 nitrogen and oxygen atoms in total. The molecule has 4 saturated carbocycles. The van der Waals surface area contributed by atoms with Crippen molar-refractivity contribution in [3.8, 4) is 0 Å². The van der Waals surface area contributed by atoms with Gasteiger partial charge in [0.15, 0.2) is 0 Å². The summed E-state index contributed by atoms with van der Waals surface area (Å²) in [6, 6.07) is 0. The first kappa shape index (κ1) is 23.6. The summed E-state index contributed by atoms with van der Waals surface area (Å²) in [5.74, 6) is 3.69. The molecule has 9 atom stereocenters. The van der Waals surface area contributed by atoms with Gasteiger partial charge in [0, 0.05) is 16.4 Å². The van der Waals surface area contributed by atoms with Gasteiger partial charge in [-0.3, -0.25) is 0 Å². The summed E-state index contributed by atoms with van der Waals surface area (Å²) in [6.45, 7) is 16.5. The Labute approximate surface area is 202 Å². The number of aldehydes is 1. The number of carbonyl (C=O) groups is 1. The summed E-state index contributed by atoms with van der Waals surface area (Å²) in [6.07, 6.45) is 13.8. The van der Waals surface area contributed by atoms with Gasteiger partial charge < -0.3 is 15.3 Å². The standard InChI is InChI=1S/C30H47NO2/c1-19(2)20-10-15-29(18-32)16-17-30(31)21(25(20)29)8-9-23-27(5)13-12-24(33-7)26(3,4)22(27)11-14-28(23,30)6/h12,18,20-23,25H,1,8-11,13-17,31H2,2-7H3/t20?,21-,22+,23-,25-,27+,28-,29?,30+/m1/s1. The van der Waals surface area contributed by atoms with Crippen LogP contribution < -0.4 is 5.73 Å². The Kier molecular flexibility index (Phi) is 5.17. The van der Waals surface area contributed by atoms with Crippen LogP contribution in [0.25, 0.3) is 0 Å². The minimum atomic E-state index is -0.186. The smallest absolute Gasteiger partial charge is 0.126 e. The Morgan fingerprint density at radius 2 is 1.79 bits per heavy atom. The predicted octanol–water partition coefficient (Wildman–Crippen LogP) is 6.67. The van der Waals surface area contributed by atoms with Crippen LogP contribution in [-0.4, -0.2) is 18.9 Å². The van der Waals surface area contributed by atoms with Gasteiger partial charge in [-0.1, -0.05) is 39.8 Å². The van der Waals surface area contributed by atoms with Gasteiger partial charge in [0.25, 0.3) is 0 Å². The second-order valence-electron chi connectivity index (χ2n) is 13.9. The maximum atomic E-state index is 12.6. The number of ether oxygens (including phenoxy) is 1. The summed E-state index contributed by atoms with van der Waals surface area (Å²) < 4.78 is 5.87. The van der Waals surface area contributed by atoms with Crippen molar-refractivity contribution in [2.24, 2.45) is 57.0 Å². The molecule has 0 saturated heterocycles. The van der Waals surface area contributed by atoms with Crippen LogP contribution in [0.3, 0.4) is 0 Å². The number of hydrogen-bond acceptors (Lipinski definition) is 3. The van der Waals surface area contributed by atoms with Crippen LogP contribution in [0.1, 0.15) is 92.4 Å². The van der Waals surface area contributed by atoms with E-state index in [-0.39, 0.29) is 27.2 Å². The van der Waals surface area contributed by atoms with Crippen LogP contribution in [0.4, 0.5) is 0 Å². The Bertz CT molecular complexity index is 890. The van der Waals surface area contributed by atoms with Gasteiger partial charge in [0.2, 0.25) is 0 Å². The molecule has 33 heavy (non-hydrogen) atoms. The monoisotopic (exact) mass is 453 g/mol. The first-order valence-corrected chi connectivity index (χ1v) is 13.6. The van der Waals surface area contributed by atoms with Crippen molar-refractivity contribution in [1.29, 1.82) is 0 Å². The molecule has 5 aliphatic carbocycles. The van der Waals surface area contributed by atoms with E-state index in [2.05, 4.69) is 47.3 Å². The fourth-order valence-corrected chi connectivity index (χ4v) is 11.0. The molecule has 0 aromatic rings. The molecule has 4 fully saturated rings. The average Bonchev–Trinajstić information content (AvgIpc) is 3.14. The molecular formula is C30H47NO2. The van der Waals surface area contributed by atoms with Crippen molar-refractivity contribution in [1.82, 2.24) is 0 Å². The van der Waals surface area contributed by atoms with E-state index in [0.717, 1.165) is 32.1 Å². The number of carbonyl (C=O) groups excluding carboxylic acids is 1. The fraction of sp³-hybridized carbons (Fsp3) is 0.833. The molecule has 0 spiro atoms. The minimum absolute atomic E-state index is 0.0669. The quantitative estimate of drug-likeness (QED) is 0.383. The highest BCUT2D eigenvalue weighted by Crippen LogP contribution is 2.73. The van der Waals surface area contributed by atoms with E-state index in [9.17, 15) is 4.79 Å². The first-order valence-electron chi connectivity index (χ1n) is 13.6. The van der Waals surface area contributed by atoms with Crippen LogP contribution in [0.5, 0.6) is 0 Å². The van der Waals surface area contributed by atoms with Gasteiger partial charge in [-0.25, -0.2) is 0 Å². The fourth-order valence-electron chi connectivity index (χ4n) is 11.0. The average molecular weight is 454 g/mol. The lowest BCUT2D eigenvalue weighted by Crippen LogP contribution is -2.73. The molecule has 5 aliphatic rings. The van der Waals surface area contributed by atoms with Crippen molar-refractivity contribution < 1.29 is 9.53 Å². The maximum Gasteiger partial charge on any atom is 0.126 e. The van der Waals surface area contributed by atoms with E-state index in [4.69, 9.17) is 10.5 Å². The van der Waals surface area contributed by atoms with Gasteiger partial charge in [-0.05, 0) is 111 Å². The molecule has 5 rings (SSSR count). The number of methoxy groups -OCH3 is 1. The molecule has 0 aromatic carbocycles. The number of rotatable bonds is 3. The second kappa shape index (κ2) is 7.21. The third kappa shape index (κ3) is 2.75. The molecule has 2 unspecified atom stereocenters. The van der Waals surface area contributed by atoms with Gasteiger partial charge in [0.05, 0.1) is 12.9 Å². The molecular weight excluding hydrogens is 406 g/mol. The first-order chi connectivity index (χ1) is 15.4. The molecule has 0 amide bonds. The number of fused-ring (bicyclic) bond motifs is 7. The highest BCUT2D eigenvalue weighted by molar-refractivity contribution is 5.62. The summed E-state index contributed by atoms with van der Waals surface area (Å²) >= 11 is 0. The topological polar surface area (TPSA) is 52.3 Å². The third-order valence-electron chi connectivity index (χ3n) is 12.6. The summed E-state index contributed by atoms with van der Waals surface area (Å²) in [5, 5.41) is 0. The predicted molar refractivity (Wildman–Crippen MR) is 134 cm³/mol. The summed E-state index contributed by atoms with van der Waals surface area (Å²) in [4.78, 5) is 12.6. The normalized spacial score (nSPS) is 52.5. The molecule has 0 aliphatic heterocycles. The molecule has 0 bridgehead atoms. The van der Waals surface area contributed by atoms with Crippen LogP contribution in [0.15, 0.2) is 24.0 Å². The minimum Gasteiger partial charge on any atom is -0.501 e. The largest absolute Gasteiger partial charge is 0.501 e. The molecule has 0 aromatic heterocycles. The lowest BCUT2D eigenvalue weighted by atomic mass is 9.34. The van der Waals surface area contributed by atoms with E-state index < -0.39 is 0 Å². The second-order valence-corrected chi connectivity index (χ2v) is 13.9. The van der Waals surface area contributed by atoms with Crippen LogP contribution >= 0.6 is 0 Å². The molecule has 0 radical (unpaired) electrons. The van der Waals surface area contributed by atoms with Gasteiger partial charge in [0.1, 0.15) is 6.29 Å². The third-order valence-corrected chi connectivity index (χ3v) is 12.6. The highest BCUT2D eigenvalue weighted by Gasteiger charge is 2.71. The van der Waals surface area contributed by atoms with E-state index in [1.807, 2.05) is 7.11 Å². The van der Waals surface area contributed by atoms with Crippen molar-refractivity contribution in [2.45, 2.75) is 97.9 Å². The van der Waals surface area contributed by atoms with E-state index in [1.54, 1.807) is 0 Å². The van der Waals surface area contributed by atoms with Crippen molar-refractivity contribution >= 4 is 6.29 Å². The molecule has 184 valence electrons. The van der Waals surface area contributed by atoms with E-state index in [1.165, 1.54) is 43.3 Å². The van der Waals surface area contributed by atoms with Crippen LogP contribution in [0, 0.1) is 51.2 Å². The lowest BCUT2D eigenvalue weighted by Gasteiger charge is -2.71. The molecule has 3 heteroatoms. The zero-order valence-corrected chi connectivity index (χ0v) is 22.0. The SMILES string of the molecule is C=C(C)C1CCC2(C=O)CC[C@]3(N)[C@H](CC[C@@H]4[C@@]5(C)CC=C(OC)C(C)(C)[C@@H]5CC[C@]43C)[C@@H]12.